The van der Waals surface area contributed by atoms with Gasteiger partial charge in [-0.15, -0.1) is 12.4 Å². The van der Waals surface area contributed by atoms with Crippen molar-refractivity contribution in [3.63, 3.8) is 0 Å². The Hall–Kier alpha value is -3.64. The van der Waals surface area contributed by atoms with E-state index in [0.29, 0.717) is 52.7 Å². The molecule has 1 aliphatic carbocycles. The molecule has 0 saturated heterocycles. The zero-order valence-electron chi connectivity index (χ0n) is 20.8. The zero-order valence-corrected chi connectivity index (χ0v) is 21.7. The van der Waals surface area contributed by atoms with E-state index in [1.54, 1.807) is 12.4 Å². The first-order chi connectivity index (χ1) is 17.2. The molecule has 0 radical (unpaired) electrons. The molecule has 0 bridgehead atoms. The van der Waals surface area contributed by atoms with Gasteiger partial charge in [-0.2, -0.15) is 5.10 Å². The number of halogens is 1. The lowest BCUT2D eigenvalue weighted by molar-refractivity contribution is -0.138. The van der Waals surface area contributed by atoms with Crippen molar-refractivity contribution < 1.29 is 19.2 Å². The van der Waals surface area contributed by atoms with Crippen LogP contribution in [0.1, 0.15) is 57.3 Å². The topological polar surface area (TPSA) is 168 Å². The van der Waals surface area contributed by atoms with Gasteiger partial charge in [-0.1, -0.05) is 5.16 Å². The van der Waals surface area contributed by atoms with E-state index in [9.17, 15) is 4.79 Å². The molecule has 4 aromatic heterocycles. The smallest absolute Gasteiger partial charge is 0.305 e. The number of carboxylic acid groups (broad SMARTS) is 1. The Kier molecular flexibility index (Phi) is 7.42. The number of nitrogen functional groups attached to an aromatic ring is 1. The average molecular weight is 529 g/mol. The van der Waals surface area contributed by atoms with E-state index in [0.717, 1.165) is 24.2 Å². The van der Waals surface area contributed by atoms with Crippen LogP contribution in [0, 0.1) is 0 Å². The standard InChI is InChI=1S/C24H28N8O4.ClH/c1-24(2,3)32-23-17(21(25)28-12-29-23)18(30-32)19-16(20(36-31-19)14-4-5-14)22-26-10-13(11-27-22)6-8-35-9-7-15(33)34;/h10-12,14H,4-9H2,1-3H3,(H,33,34)(H2,25,28,29);1H. The van der Waals surface area contributed by atoms with Crippen molar-refractivity contribution in [2.75, 3.05) is 18.9 Å². The summed E-state index contributed by atoms with van der Waals surface area (Å²) in [5.41, 5.74) is 9.16. The molecule has 1 fully saturated rings. The number of fused-ring (bicyclic) bond motifs is 1. The van der Waals surface area contributed by atoms with E-state index < -0.39 is 5.97 Å². The van der Waals surface area contributed by atoms with Crippen LogP contribution < -0.4 is 5.73 Å². The van der Waals surface area contributed by atoms with Crippen molar-refractivity contribution in [1.82, 2.24) is 34.9 Å². The lowest BCUT2D eigenvalue weighted by Gasteiger charge is -2.19. The summed E-state index contributed by atoms with van der Waals surface area (Å²) in [7, 11) is 0. The number of anilines is 1. The molecule has 13 heteroatoms. The third-order valence-electron chi connectivity index (χ3n) is 5.94. The molecule has 0 unspecified atom stereocenters. The lowest BCUT2D eigenvalue weighted by atomic mass is 10.1. The summed E-state index contributed by atoms with van der Waals surface area (Å²) in [6, 6.07) is 0. The van der Waals surface area contributed by atoms with Crippen LogP contribution >= 0.6 is 12.4 Å². The van der Waals surface area contributed by atoms with E-state index >= 15 is 0 Å². The van der Waals surface area contributed by atoms with Gasteiger partial charge in [0.05, 0.1) is 36.1 Å². The maximum absolute atomic E-state index is 10.6. The van der Waals surface area contributed by atoms with Gasteiger partial charge in [-0.25, -0.2) is 24.6 Å². The number of rotatable bonds is 9. The fourth-order valence-electron chi connectivity index (χ4n) is 3.98. The fraction of sp³-hybridized carbons (Fsp3) is 0.458. The monoisotopic (exact) mass is 528 g/mol. The zero-order chi connectivity index (χ0) is 25.4. The van der Waals surface area contributed by atoms with E-state index in [-0.39, 0.29) is 36.9 Å². The fourth-order valence-corrected chi connectivity index (χ4v) is 3.98. The van der Waals surface area contributed by atoms with Gasteiger partial charge >= 0.3 is 5.97 Å². The van der Waals surface area contributed by atoms with Crippen LogP contribution in [0.4, 0.5) is 5.82 Å². The van der Waals surface area contributed by atoms with E-state index in [1.807, 2.05) is 25.5 Å². The van der Waals surface area contributed by atoms with E-state index in [2.05, 4.69) is 25.1 Å². The molecule has 12 nitrogen and oxygen atoms in total. The van der Waals surface area contributed by atoms with Crippen molar-refractivity contribution >= 4 is 35.2 Å². The van der Waals surface area contributed by atoms with Gasteiger partial charge < -0.3 is 20.1 Å². The number of aliphatic carboxylic acids is 1. The Morgan fingerprint density at radius 2 is 1.89 bits per heavy atom. The molecule has 0 atom stereocenters. The Balaban J connectivity index is 0.00000320. The molecule has 0 amide bonds. The van der Waals surface area contributed by atoms with Crippen molar-refractivity contribution in [2.45, 2.75) is 57.9 Å². The van der Waals surface area contributed by atoms with Gasteiger partial charge in [-0.3, -0.25) is 4.79 Å². The summed E-state index contributed by atoms with van der Waals surface area (Å²) in [6.07, 6.45) is 7.47. The highest BCUT2D eigenvalue weighted by molar-refractivity contribution is 6.00. The number of carboxylic acids is 1. The molecule has 4 aromatic rings. The molecular formula is C24H29ClN8O4. The van der Waals surface area contributed by atoms with Crippen LogP contribution in [0.2, 0.25) is 0 Å². The number of hydrogen-bond donors (Lipinski definition) is 2. The minimum absolute atomic E-state index is 0. The summed E-state index contributed by atoms with van der Waals surface area (Å²) in [5.74, 6) is 0.914. The molecule has 3 N–H and O–H groups in total. The number of nitrogens with zero attached hydrogens (tertiary/aromatic N) is 7. The summed E-state index contributed by atoms with van der Waals surface area (Å²) in [5, 5.41) is 18.6. The highest BCUT2D eigenvalue weighted by Crippen LogP contribution is 2.47. The predicted octanol–water partition coefficient (Wildman–Crippen LogP) is 3.61. The molecule has 196 valence electrons. The van der Waals surface area contributed by atoms with Crippen molar-refractivity contribution in [2.24, 2.45) is 0 Å². The third kappa shape index (κ3) is 5.39. The molecule has 5 rings (SSSR count). The Bertz CT molecular complexity index is 1410. The quantitative estimate of drug-likeness (QED) is 0.304. The minimum Gasteiger partial charge on any atom is -0.481 e. The summed E-state index contributed by atoms with van der Waals surface area (Å²) >= 11 is 0. The highest BCUT2D eigenvalue weighted by atomic mass is 35.5. The normalized spacial score (nSPS) is 13.6. The SMILES string of the molecule is CC(C)(C)n1nc(-c2noc(C3CC3)c2-c2ncc(CCOCCC(=O)O)cn2)c2c(N)ncnc21.Cl. The molecule has 0 spiro atoms. The lowest BCUT2D eigenvalue weighted by Crippen LogP contribution is -2.23. The van der Waals surface area contributed by atoms with Crippen LogP contribution in [0.3, 0.4) is 0 Å². The Morgan fingerprint density at radius 1 is 1.16 bits per heavy atom. The van der Waals surface area contributed by atoms with E-state index in [4.69, 9.17) is 25.2 Å². The van der Waals surface area contributed by atoms with Gasteiger partial charge in [0, 0.05) is 18.3 Å². The second-order valence-corrected chi connectivity index (χ2v) is 9.85. The van der Waals surface area contributed by atoms with Crippen molar-refractivity contribution in [3.05, 3.63) is 30.0 Å². The Labute approximate surface area is 219 Å². The van der Waals surface area contributed by atoms with Gasteiger partial charge in [-0.05, 0) is 45.6 Å². The van der Waals surface area contributed by atoms with Crippen LogP contribution in [0.25, 0.3) is 33.8 Å². The number of carbonyl (C=O) groups is 1. The maximum Gasteiger partial charge on any atom is 0.305 e. The number of nitrogens with two attached hydrogens (primary N) is 1. The first-order valence-electron chi connectivity index (χ1n) is 11.8. The summed E-state index contributed by atoms with van der Waals surface area (Å²) in [6.45, 7) is 6.67. The number of hydrogen-bond acceptors (Lipinski definition) is 10. The maximum atomic E-state index is 10.6. The van der Waals surface area contributed by atoms with Crippen LogP contribution in [0.15, 0.2) is 23.2 Å². The third-order valence-corrected chi connectivity index (χ3v) is 5.94. The van der Waals surface area contributed by atoms with Crippen LogP contribution in [0.5, 0.6) is 0 Å². The number of ether oxygens (including phenoxy) is 1. The van der Waals surface area contributed by atoms with Gasteiger partial charge in [0.25, 0.3) is 0 Å². The molecule has 1 saturated carbocycles. The van der Waals surface area contributed by atoms with Crippen LogP contribution in [-0.2, 0) is 21.5 Å². The second kappa shape index (κ2) is 10.4. The van der Waals surface area contributed by atoms with Gasteiger partial charge in [0.1, 0.15) is 23.5 Å². The number of aromatic nitrogens is 7. The second-order valence-electron chi connectivity index (χ2n) is 9.85. The predicted molar refractivity (Wildman–Crippen MR) is 137 cm³/mol. The van der Waals surface area contributed by atoms with Gasteiger partial charge in [0.15, 0.2) is 17.2 Å². The molecule has 0 aromatic carbocycles. The highest BCUT2D eigenvalue weighted by Gasteiger charge is 2.36. The van der Waals surface area contributed by atoms with Gasteiger partial charge in [0.2, 0.25) is 0 Å². The molecule has 4 heterocycles. The first-order valence-corrected chi connectivity index (χ1v) is 11.8. The molecule has 1 aliphatic rings. The summed E-state index contributed by atoms with van der Waals surface area (Å²) in [4.78, 5) is 28.4. The minimum atomic E-state index is -0.882. The van der Waals surface area contributed by atoms with Crippen molar-refractivity contribution in [3.8, 4) is 22.8 Å². The van der Waals surface area contributed by atoms with Crippen LogP contribution in [-0.4, -0.2) is 59.2 Å². The Morgan fingerprint density at radius 3 is 2.54 bits per heavy atom. The van der Waals surface area contributed by atoms with E-state index in [1.165, 1.54) is 6.33 Å². The summed E-state index contributed by atoms with van der Waals surface area (Å²) < 4.78 is 13.0. The molecular weight excluding hydrogens is 500 g/mol. The molecule has 37 heavy (non-hydrogen) atoms. The van der Waals surface area contributed by atoms with Crippen molar-refractivity contribution in [1.29, 1.82) is 0 Å². The average Bonchev–Trinajstić information content (AvgIpc) is 3.44. The molecule has 0 aliphatic heterocycles. The first kappa shape index (κ1) is 26.4. The largest absolute Gasteiger partial charge is 0.481 e.